The van der Waals surface area contributed by atoms with Crippen molar-refractivity contribution >= 4 is 6.09 Å². The molecule has 4 heteroatoms. The Labute approximate surface area is 95.6 Å². The summed E-state index contributed by atoms with van der Waals surface area (Å²) in [5, 5.41) is 2.67. The topological polar surface area (TPSA) is 47.6 Å². The van der Waals surface area contributed by atoms with Crippen molar-refractivity contribution in [3.63, 3.8) is 0 Å². The first-order chi connectivity index (χ1) is 7.83. The number of alkyl carbamates (subject to hydrolysis) is 1. The van der Waals surface area contributed by atoms with Gasteiger partial charge in [0.25, 0.3) is 0 Å². The monoisotopic (exact) mass is 223 g/mol. The van der Waals surface area contributed by atoms with Crippen molar-refractivity contribution in [3.8, 4) is 0 Å². The fourth-order valence-electron chi connectivity index (χ4n) is 1.22. The molecule has 1 aromatic rings. The molecule has 88 valence electrons. The third-order valence-electron chi connectivity index (χ3n) is 2.05. The highest BCUT2D eigenvalue weighted by atomic mass is 16.6. The van der Waals surface area contributed by atoms with Crippen molar-refractivity contribution in [2.24, 2.45) is 0 Å². The van der Waals surface area contributed by atoms with Gasteiger partial charge in [0.15, 0.2) is 0 Å². The zero-order valence-electron chi connectivity index (χ0n) is 9.44. The first-order valence-electron chi connectivity index (χ1n) is 5.26. The SMILES string of the molecule is COCCOC(=O)NCCc1ccccc1. The molecule has 0 atom stereocenters. The van der Waals surface area contributed by atoms with Crippen LogP contribution in [0, 0.1) is 0 Å². The summed E-state index contributed by atoms with van der Waals surface area (Å²) in [4.78, 5) is 11.1. The highest BCUT2D eigenvalue weighted by molar-refractivity contribution is 5.67. The van der Waals surface area contributed by atoms with E-state index in [9.17, 15) is 4.79 Å². The molecule has 0 spiro atoms. The van der Waals surface area contributed by atoms with E-state index in [1.165, 1.54) is 5.56 Å². The molecular weight excluding hydrogens is 206 g/mol. The van der Waals surface area contributed by atoms with Crippen LogP contribution in [0.5, 0.6) is 0 Å². The van der Waals surface area contributed by atoms with Crippen molar-refractivity contribution in [2.75, 3.05) is 26.9 Å². The maximum atomic E-state index is 11.1. The second kappa shape index (κ2) is 7.70. The third-order valence-corrected chi connectivity index (χ3v) is 2.05. The van der Waals surface area contributed by atoms with Gasteiger partial charge in [-0.05, 0) is 12.0 Å². The molecule has 1 aromatic carbocycles. The number of carbonyl (C=O) groups is 1. The highest BCUT2D eigenvalue weighted by Gasteiger charge is 2.00. The van der Waals surface area contributed by atoms with Crippen molar-refractivity contribution in [1.82, 2.24) is 5.32 Å². The number of hydrogen-bond acceptors (Lipinski definition) is 3. The molecule has 1 N–H and O–H groups in total. The van der Waals surface area contributed by atoms with Crippen LogP contribution >= 0.6 is 0 Å². The molecule has 0 heterocycles. The lowest BCUT2D eigenvalue weighted by atomic mass is 10.1. The van der Waals surface area contributed by atoms with Crippen LogP contribution in [0.2, 0.25) is 0 Å². The van der Waals surface area contributed by atoms with Gasteiger partial charge in [-0.2, -0.15) is 0 Å². The van der Waals surface area contributed by atoms with E-state index in [0.717, 1.165) is 6.42 Å². The predicted molar refractivity (Wildman–Crippen MR) is 61.4 cm³/mol. The van der Waals surface area contributed by atoms with E-state index < -0.39 is 6.09 Å². The number of hydrogen-bond donors (Lipinski definition) is 1. The van der Waals surface area contributed by atoms with Gasteiger partial charge in [0.2, 0.25) is 0 Å². The van der Waals surface area contributed by atoms with Gasteiger partial charge in [0.05, 0.1) is 6.61 Å². The van der Waals surface area contributed by atoms with Gasteiger partial charge < -0.3 is 14.8 Å². The largest absolute Gasteiger partial charge is 0.447 e. The Balaban J connectivity index is 2.09. The van der Waals surface area contributed by atoms with Gasteiger partial charge in [-0.15, -0.1) is 0 Å². The van der Waals surface area contributed by atoms with Gasteiger partial charge >= 0.3 is 6.09 Å². The zero-order chi connectivity index (χ0) is 11.6. The molecule has 0 radical (unpaired) electrons. The summed E-state index contributed by atoms with van der Waals surface area (Å²) in [6, 6.07) is 9.98. The Hall–Kier alpha value is -1.55. The summed E-state index contributed by atoms with van der Waals surface area (Å²) in [5.74, 6) is 0. The molecule has 0 aliphatic heterocycles. The minimum atomic E-state index is -0.395. The lowest BCUT2D eigenvalue weighted by Crippen LogP contribution is -2.27. The van der Waals surface area contributed by atoms with Crippen LogP contribution in [-0.2, 0) is 15.9 Å². The Morgan fingerprint density at radius 3 is 2.69 bits per heavy atom. The second-order valence-corrected chi connectivity index (χ2v) is 3.29. The van der Waals surface area contributed by atoms with Crippen LogP contribution in [0.1, 0.15) is 5.56 Å². The van der Waals surface area contributed by atoms with Gasteiger partial charge in [0, 0.05) is 13.7 Å². The molecule has 0 saturated carbocycles. The summed E-state index contributed by atoms with van der Waals surface area (Å²) in [6.45, 7) is 1.29. The third kappa shape index (κ3) is 5.36. The summed E-state index contributed by atoms with van der Waals surface area (Å²) in [6.07, 6.45) is 0.410. The molecule has 0 saturated heterocycles. The van der Waals surface area contributed by atoms with E-state index >= 15 is 0 Å². The van der Waals surface area contributed by atoms with Crippen LogP contribution in [0.3, 0.4) is 0 Å². The second-order valence-electron chi connectivity index (χ2n) is 3.29. The molecule has 0 fully saturated rings. The average Bonchev–Trinajstić information content (AvgIpc) is 2.31. The van der Waals surface area contributed by atoms with Crippen LogP contribution in [0.15, 0.2) is 30.3 Å². The predicted octanol–water partition coefficient (Wildman–Crippen LogP) is 1.60. The maximum absolute atomic E-state index is 11.1. The normalized spacial score (nSPS) is 9.81. The average molecular weight is 223 g/mol. The molecule has 0 bridgehead atoms. The minimum Gasteiger partial charge on any atom is -0.447 e. The Morgan fingerprint density at radius 1 is 1.25 bits per heavy atom. The molecule has 16 heavy (non-hydrogen) atoms. The molecule has 0 unspecified atom stereocenters. The summed E-state index contributed by atoms with van der Waals surface area (Å²) < 4.78 is 9.61. The lowest BCUT2D eigenvalue weighted by Gasteiger charge is -2.06. The molecular formula is C12H17NO3. The lowest BCUT2D eigenvalue weighted by molar-refractivity contribution is 0.0987. The van der Waals surface area contributed by atoms with E-state index in [0.29, 0.717) is 13.2 Å². The molecule has 4 nitrogen and oxygen atoms in total. The van der Waals surface area contributed by atoms with Crippen molar-refractivity contribution in [2.45, 2.75) is 6.42 Å². The highest BCUT2D eigenvalue weighted by Crippen LogP contribution is 1.98. The van der Waals surface area contributed by atoms with Gasteiger partial charge in [-0.3, -0.25) is 0 Å². The Kier molecular flexibility index (Phi) is 6.03. The van der Waals surface area contributed by atoms with Gasteiger partial charge in [-0.1, -0.05) is 30.3 Å². The van der Waals surface area contributed by atoms with E-state index in [2.05, 4.69) is 5.32 Å². The van der Waals surface area contributed by atoms with Crippen molar-refractivity contribution in [1.29, 1.82) is 0 Å². The van der Waals surface area contributed by atoms with Crippen LogP contribution < -0.4 is 5.32 Å². The fourth-order valence-corrected chi connectivity index (χ4v) is 1.22. The molecule has 0 aliphatic carbocycles. The van der Waals surface area contributed by atoms with Gasteiger partial charge in [0.1, 0.15) is 6.61 Å². The van der Waals surface area contributed by atoms with Crippen molar-refractivity contribution < 1.29 is 14.3 Å². The maximum Gasteiger partial charge on any atom is 0.407 e. The minimum absolute atomic E-state index is 0.285. The number of ether oxygens (including phenoxy) is 2. The number of carbonyl (C=O) groups excluding carboxylic acids is 1. The van der Waals surface area contributed by atoms with E-state index in [-0.39, 0.29) is 6.61 Å². The standard InChI is InChI=1S/C12H17NO3/c1-15-9-10-16-12(14)13-8-7-11-5-3-2-4-6-11/h2-6H,7-10H2,1H3,(H,13,14). The molecule has 1 rings (SSSR count). The summed E-state index contributed by atoms with van der Waals surface area (Å²) >= 11 is 0. The first-order valence-corrected chi connectivity index (χ1v) is 5.26. The van der Waals surface area contributed by atoms with Crippen LogP contribution in [-0.4, -0.2) is 33.0 Å². The van der Waals surface area contributed by atoms with Crippen LogP contribution in [0.4, 0.5) is 4.79 Å². The quantitative estimate of drug-likeness (QED) is 0.745. The number of amides is 1. The van der Waals surface area contributed by atoms with E-state index in [1.807, 2.05) is 30.3 Å². The van der Waals surface area contributed by atoms with Gasteiger partial charge in [-0.25, -0.2) is 4.79 Å². The number of nitrogens with one attached hydrogen (secondary N) is 1. The summed E-state index contributed by atoms with van der Waals surface area (Å²) in [5.41, 5.74) is 1.19. The van der Waals surface area contributed by atoms with Crippen LogP contribution in [0.25, 0.3) is 0 Å². The van der Waals surface area contributed by atoms with Crippen molar-refractivity contribution in [3.05, 3.63) is 35.9 Å². The number of benzene rings is 1. The molecule has 1 amide bonds. The number of rotatable bonds is 6. The number of methoxy groups -OCH3 is 1. The Morgan fingerprint density at radius 2 is 2.00 bits per heavy atom. The van der Waals surface area contributed by atoms with E-state index in [1.54, 1.807) is 7.11 Å². The summed E-state index contributed by atoms with van der Waals surface area (Å²) in [7, 11) is 1.57. The smallest absolute Gasteiger partial charge is 0.407 e. The van der Waals surface area contributed by atoms with E-state index in [4.69, 9.17) is 9.47 Å². The molecule has 0 aromatic heterocycles. The zero-order valence-corrected chi connectivity index (χ0v) is 9.44. The Bertz CT molecular complexity index is 300. The fraction of sp³-hybridized carbons (Fsp3) is 0.417. The molecule has 0 aliphatic rings. The first kappa shape index (κ1) is 12.5.